The third-order valence-electron chi connectivity index (χ3n) is 4.15. The number of amides is 2. The van der Waals surface area contributed by atoms with E-state index in [1.165, 1.54) is 4.90 Å². The summed E-state index contributed by atoms with van der Waals surface area (Å²) >= 11 is 0. The number of rotatable bonds is 3. The van der Waals surface area contributed by atoms with Gasteiger partial charge in [-0.05, 0) is 25.0 Å². The summed E-state index contributed by atoms with van der Waals surface area (Å²) < 4.78 is 0. The molecule has 1 N–H and O–H groups in total. The Hall–Kier alpha value is -1.84. The zero-order valence-corrected chi connectivity index (χ0v) is 10.8. The van der Waals surface area contributed by atoms with Gasteiger partial charge in [0.2, 0.25) is 11.8 Å². The maximum absolute atomic E-state index is 12.2. The van der Waals surface area contributed by atoms with Crippen molar-refractivity contribution in [2.75, 3.05) is 12.0 Å². The summed E-state index contributed by atoms with van der Waals surface area (Å²) in [5.74, 6) is -0.0890. The molecule has 1 aromatic carbocycles. The number of nitrogens with zero attached hydrogens (tertiary/aromatic N) is 1. The lowest BCUT2D eigenvalue weighted by Gasteiger charge is -2.19. The average molecular weight is 258 g/mol. The number of carbonyl (C=O) groups is 2. The molecule has 0 unspecified atom stereocenters. The van der Waals surface area contributed by atoms with Crippen LogP contribution in [0, 0.1) is 11.8 Å². The fourth-order valence-electron chi connectivity index (χ4n) is 3.11. The van der Waals surface area contributed by atoms with Crippen LogP contribution in [0.2, 0.25) is 0 Å². The number of nitrogens with one attached hydrogen (secondary N) is 1. The zero-order chi connectivity index (χ0) is 13.2. The Morgan fingerprint density at radius 3 is 2.16 bits per heavy atom. The molecule has 0 aromatic heterocycles. The largest absolute Gasteiger partial charge is 0.367 e. The quantitative estimate of drug-likeness (QED) is 0.846. The van der Waals surface area contributed by atoms with Crippen molar-refractivity contribution < 1.29 is 9.59 Å². The van der Waals surface area contributed by atoms with E-state index in [2.05, 4.69) is 5.32 Å². The maximum atomic E-state index is 12.2. The summed E-state index contributed by atoms with van der Waals surface area (Å²) in [5.41, 5.74) is 0.929. The molecule has 0 spiro atoms. The first-order valence-corrected chi connectivity index (χ1v) is 6.91. The molecule has 3 rings (SSSR count). The first-order valence-electron chi connectivity index (χ1n) is 6.91. The molecule has 0 radical (unpaired) electrons. The third-order valence-corrected chi connectivity index (χ3v) is 4.15. The van der Waals surface area contributed by atoms with Gasteiger partial charge in [0.1, 0.15) is 0 Å². The Balaban J connectivity index is 1.68. The molecule has 2 fully saturated rings. The highest BCUT2D eigenvalue weighted by Gasteiger charge is 2.47. The van der Waals surface area contributed by atoms with Crippen molar-refractivity contribution in [1.29, 1.82) is 0 Å². The van der Waals surface area contributed by atoms with Crippen LogP contribution in [0.15, 0.2) is 30.3 Å². The number of hydrogen-bond acceptors (Lipinski definition) is 3. The molecule has 1 aromatic rings. The number of hydrogen-bond donors (Lipinski definition) is 1. The van der Waals surface area contributed by atoms with Gasteiger partial charge in [-0.2, -0.15) is 0 Å². The standard InChI is InChI=1S/C15H18N2O2/c18-14-12-8-4-5-9-13(12)15(19)17(14)10-16-11-6-2-1-3-7-11/h1-3,6-7,12-13,16H,4-5,8-10H2/t12-,13+. The summed E-state index contributed by atoms with van der Waals surface area (Å²) in [7, 11) is 0. The van der Waals surface area contributed by atoms with Crippen molar-refractivity contribution in [3.63, 3.8) is 0 Å². The Kier molecular flexibility index (Phi) is 3.23. The van der Waals surface area contributed by atoms with Crippen molar-refractivity contribution in [2.24, 2.45) is 11.8 Å². The minimum atomic E-state index is -0.0566. The number of anilines is 1. The van der Waals surface area contributed by atoms with Gasteiger partial charge in [-0.25, -0.2) is 0 Å². The summed E-state index contributed by atoms with van der Waals surface area (Å²) in [5, 5.41) is 3.14. The van der Waals surface area contributed by atoms with Crippen molar-refractivity contribution >= 4 is 17.5 Å². The number of likely N-dealkylation sites (tertiary alicyclic amines) is 1. The van der Waals surface area contributed by atoms with Crippen LogP contribution >= 0.6 is 0 Å². The molecule has 2 atom stereocenters. The van der Waals surface area contributed by atoms with Gasteiger partial charge in [-0.1, -0.05) is 31.0 Å². The molecule has 100 valence electrons. The number of para-hydroxylation sites is 1. The molecular formula is C15H18N2O2. The van der Waals surface area contributed by atoms with Crippen LogP contribution in [0.3, 0.4) is 0 Å². The Morgan fingerprint density at radius 2 is 1.58 bits per heavy atom. The van der Waals surface area contributed by atoms with Gasteiger partial charge in [0, 0.05) is 5.69 Å². The summed E-state index contributed by atoms with van der Waals surface area (Å²) in [6, 6.07) is 9.65. The van der Waals surface area contributed by atoms with Crippen molar-refractivity contribution in [1.82, 2.24) is 4.90 Å². The van der Waals surface area contributed by atoms with Gasteiger partial charge in [0.25, 0.3) is 0 Å². The average Bonchev–Trinajstić information content (AvgIpc) is 2.71. The smallest absolute Gasteiger partial charge is 0.234 e. The Morgan fingerprint density at radius 1 is 1.00 bits per heavy atom. The van der Waals surface area contributed by atoms with Crippen molar-refractivity contribution in [3.05, 3.63) is 30.3 Å². The minimum Gasteiger partial charge on any atom is -0.367 e. The monoisotopic (exact) mass is 258 g/mol. The van der Waals surface area contributed by atoms with Crippen LogP contribution in [0.1, 0.15) is 25.7 Å². The van der Waals surface area contributed by atoms with Crippen LogP contribution in [0.5, 0.6) is 0 Å². The van der Waals surface area contributed by atoms with E-state index in [9.17, 15) is 9.59 Å². The first kappa shape index (κ1) is 12.2. The van der Waals surface area contributed by atoms with E-state index in [-0.39, 0.29) is 30.3 Å². The lowest BCUT2D eigenvalue weighted by Crippen LogP contribution is -2.35. The molecule has 2 amide bonds. The SMILES string of the molecule is O=C1[C@H]2CCCC[C@H]2C(=O)N1CNc1ccccc1. The maximum Gasteiger partial charge on any atom is 0.234 e. The lowest BCUT2D eigenvalue weighted by molar-refractivity contribution is -0.139. The van der Waals surface area contributed by atoms with Crippen LogP contribution in [-0.4, -0.2) is 23.4 Å². The third kappa shape index (κ3) is 2.23. The van der Waals surface area contributed by atoms with Gasteiger partial charge in [0.15, 0.2) is 0 Å². The molecular weight excluding hydrogens is 240 g/mol. The number of fused-ring (bicyclic) bond motifs is 1. The predicted octanol–water partition coefficient (Wildman–Crippen LogP) is 2.23. The molecule has 4 nitrogen and oxygen atoms in total. The van der Waals surface area contributed by atoms with E-state index in [0.717, 1.165) is 31.4 Å². The molecule has 1 heterocycles. The van der Waals surface area contributed by atoms with E-state index < -0.39 is 0 Å². The topological polar surface area (TPSA) is 49.4 Å². The van der Waals surface area contributed by atoms with Gasteiger partial charge in [-0.3, -0.25) is 14.5 Å². The zero-order valence-electron chi connectivity index (χ0n) is 10.8. The summed E-state index contributed by atoms with van der Waals surface area (Å²) in [6.07, 6.45) is 3.88. The molecule has 1 saturated heterocycles. The number of imide groups is 1. The Labute approximate surface area is 112 Å². The first-order chi connectivity index (χ1) is 9.27. The second-order valence-electron chi connectivity index (χ2n) is 5.30. The van der Waals surface area contributed by atoms with Crippen LogP contribution in [-0.2, 0) is 9.59 Å². The van der Waals surface area contributed by atoms with E-state index in [1.807, 2.05) is 30.3 Å². The van der Waals surface area contributed by atoms with Gasteiger partial charge in [-0.15, -0.1) is 0 Å². The van der Waals surface area contributed by atoms with Crippen LogP contribution in [0.4, 0.5) is 5.69 Å². The molecule has 0 bridgehead atoms. The number of carbonyl (C=O) groups excluding carboxylic acids is 2. The van der Waals surface area contributed by atoms with Gasteiger partial charge in [0.05, 0.1) is 18.5 Å². The highest BCUT2D eigenvalue weighted by Crippen LogP contribution is 2.37. The van der Waals surface area contributed by atoms with Gasteiger partial charge < -0.3 is 5.32 Å². The molecule has 1 aliphatic heterocycles. The molecule has 4 heteroatoms. The van der Waals surface area contributed by atoms with Crippen LogP contribution in [0.25, 0.3) is 0 Å². The molecule has 1 saturated carbocycles. The minimum absolute atomic E-state index is 0.0122. The highest BCUT2D eigenvalue weighted by atomic mass is 16.2. The lowest BCUT2D eigenvalue weighted by atomic mass is 9.81. The summed E-state index contributed by atoms with van der Waals surface area (Å²) in [6.45, 7) is 0.286. The van der Waals surface area contributed by atoms with E-state index in [4.69, 9.17) is 0 Å². The second kappa shape index (κ2) is 5.03. The van der Waals surface area contributed by atoms with E-state index in [1.54, 1.807) is 0 Å². The normalized spacial score (nSPS) is 26.4. The second-order valence-corrected chi connectivity index (χ2v) is 5.30. The summed E-state index contributed by atoms with van der Waals surface area (Å²) in [4.78, 5) is 25.9. The molecule has 2 aliphatic rings. The highest BCUT2D eigenvalue weighted by molar-refractivity contribution is 6.05. The van der Waals surface area contributed by atoms with Crippen molar-refractivity contribution in [3.8, 4) is 0 Å². The fraction of sp³-hybridized carbons (Fsp3) is 0.467. The number of benzene rings is 1. The molecule has 19 heavy (non-hydrogen) atoms. The van der Waals surface area contributed by atoms with Gasteiger partial charge >= 0.3 is 0 Å². The Bertz CT molecular complexity index is 462. The van der Waals surface area contributed by atoms with Crippen LogP contribution < -0.4 is 5.32 Å². The molecule has 1 aliphatic carbocycles. The van der Waals surface area contributed by atoms with Crippen molar-refractivity contribution in [2.45, 2.75) is 25.7 Å². The fourth-order valence-corrected chi connectivity index (χ4v) is 3.11. The van der Waals surface area contributed by atoms with E-state index >= 15 is 0 Å². The predicted molar refractivity (Wildman–Crippen MR) is 72.2 cm³/mol. The van der Waals surface area contributed by atoms with E-state index in [0.29, 0.717) is 0 Å².